The van der Waals surface area contributed by atoms with Crippen LogP contribution in [0.15, 0.2) is 76.5 Å². The first kappa shape index (κ1) is 25.4. The first-order valence-corrected chi connectivity index (χ1v) is 11.8. The summed E-state index contributed by atoms with van der Waals surface area (Å²) in [5.41, 5.74) is -0.116. The number of hydrogen-bond acceptors (Lipinski definition) is 3. The molecule has 3 rings (SSSR count). The quantitative estimate of drug-likeness (QED) is 0.298. The molecule has 4 nitrogen and oxygen atoms in total. The smallest absolute Gasteiger partial charge is 0.416 e. The van der Waals surface area contributed by atoms with Crippen LogP contribution in [0.4, 0.5) is 17.6 Å². The van der Waals surface area contributed by atoms with E-state index in [9.17, 15) is 35.9 Å². The molecule has 0 fully saturated rings. The summed E-state index contributed by atoms with van der Waals surface area (Å²) < 4.78 is 78.7. The predicted octanol–water partition coefficient (Wildman–Crippen LogP) is 6.56. The van der Waals surface area contributed by atoms with Gasteiger partial charge in [-0.1, -0.05) is 32.0 Å². The standard InChI is InChI=1S/C25H22F4O4S/c1-15(2)11-23(24(30)31)18-12-17(16-3-5-19(6-4-16)25(27,28)29)13-22(14-18)34(32,33)21-9-7-20(26)8-10-21/h3-10,12-15,23H,11H2,1-2H3,(H,30,31). The van der Waals surface area contributed by atoms with Crippen molar-refractivity contribution in [1.82, 2.24) is 0 Å². The van der Waals surface area contributed by atoms with Crippen LogP contribution in [0.25, 0.3) is 11.1 Å². The SMILES string of the molecule is CC(C)CC(C(=O)O)c1cc(-c2ccc(C(F)(F)F)cc2)cc(S(=O)(=O)c2ccc(F)cc2)c1. The molecule has 1 unspecified atom stereocenters. The van der Waals surface area contributed by atoms with E-state index >= 15 is 0 Å². The van der Waals surface area contributed by atoms with Crippen molar-refractivity contribution in [2.24, 2.45) is 5.92 Å². The molecular formula is C25H22F4O4S. The van der Waals surface area contributed by atoms with Crippen molar-refractivity contribution < 1.29 is 35.9 Å². The Morgan fingerprint density at radius 2 is 1.47 bits per heavy atom. The van der Waals surface area contributed by atoms with Crippen molar-refractivity contribution in [3.63, 3.8) is 0 Å². The Morgan fingerprint density at radius 3 is 1.97 bits per heavy atom. The molecule has 0 radical (unpaired) electrons. The number of sulfone groups is 1. The first-order chi connectivity index (χ1) is 15.8. The maximum Gasteiger partial charge on any atom is 0.416 e. The average Bonchev–Trinajstić information content (AvgIpc) is 2.76. The zero-order valence-electron chi connectivity index (χ0n) is 18.3. The van der Waals surface area contributed by atoms with Crippen molar-refractivity contribution in [2.75, 3.05) is 0 Å². The molecule has 9 heteroatoms. The van der Waals surface area contributed by atoms with E-state index in [1.165, 1.54) is 30.3 Å². The summed E-state index contributed by atoms with van der Waals surface area (Å²) in [6.07, 6.45) is -4.31. The monoisotopic (exact) mass is 494 g/mol. The highest BCUT2D eigenvalue weighted by Gasteiger charge is 2.30. The molecule has 34 heavy (non-hydrogen) atoms. The van der Waals surface area contributed by atoms with Gasteiger partial charge in [-0.3, -0.25) is 4.79 Å². The van der Waals surface area contributed by atoms with Crippen LogP contribution in [-0.2, 0) is 20.8 Å². The van der Waals surface area contributed by atoms with E-state index < -0.39 is 39.3 Å². The minimum Gasteiger partial charge on any atom is -0.481 e. The highest BCUT2D eigenvalue weighted by Crippen LogP contribution is 2.35. The van der Waals surface area contributed by atoms with Crippen molar-refractivity contribution >= 4 is 15.8 Å². The number of carboxylic acids is 1. The van der Waals surface area contributed by atoms with Gasteiger partial charge in [-0.15, -0.1) is 0 Å². The van der Waals surface area contributed by atoms with Crippen molar-refractivity contribution in [3.05, 3.63) is 83.7 Å². The Balaban J connectivity index is 2.21. The number of halogens is 4. The molecular weight excluding hydrogens is 472 g/mol. The first-order valence-electron chi connectivity index (χ1n) is 10.3. The molecule has 0 aliphatic carbocycles. The van der Waals surface area contributed by atoms with Gasteiger partial charge in [0.25, 0.3) is 0 Å². The van der Waals surface area contributed by atoms with E-state index in [1.807, 2.05) is 13.8 Å². The van der Waals surface area contributed by atoms with Crippen LogP contribution in [0, 0.1) is 11.7 Å². The maximum absolute atomic E-state index is 13.3. The average molecular weight is 495 g/mol. The van der Waals surface area contributed by atoms with Gasteiger partial charge in [0, 0.05) is 0 Å². The third-order valence-corrected chi connectivity index (χ3v) is 7.07. The summed E-state index contributed by atoms with van der Waals surface area (Å²) in [6.45, 7) is 3.65. The number of carbonyl (C=O) groups is 1. The van der Waals surface area contributed by atoms with E-state index in [0.717, 1.165) is 36.4 Å². The number of aliphatic carboxylic acids is 1. The van der Waals surface area contributed by atoms with Gasteiger partial charge in [0.15, 0.2) is 0 Å². The third-order valence-electron chi connectivity index (χ3n) is 5.32. The van der Waals surface area contributed by atoms with Crippen LogP contribution in [0.2, 0.25) is 0 Å². The van der Waals surface area contributed by atoms with Gasteiger partial charge in [0.1, 0.15) is 5.82 Å². The van der Waals surface area contributed by atoms with Crippen LogP contribution in [-0.4, -0.2) is 19.5 Å². The lowest BCUT2D eigenvalue weighted by Crippen LogP contribution is -2.15. The lowest BCUT2D eigenvalue weighted by Gasteiger charge is -2.18. The molecule has 0 aliphatic rings. The van der Waals surface area contributed by atoms with Gasteiger partial charge in [-0.05, 0) is 77.6 Å². The molecule has 0 heterocycles. The summed E-state index contributed by atoms with van der Waals surface area (Å²) in [5.74, 6) is -2.83. The molecule has 0 aromatic heterocycles. The summed E-state index contributed by atoms with van der Waals surface area (Å²) in [4.78, 5) is 11.6. The third kappa shape index (κ3) is 5.64. The Bertz CT molecular complexity index is 1280. The number of carboxylic acid groups (broad SMARTS) is 1. The largest absolute Gasteiger partial charge is 0.481 e. The lowest BCUT2D eigenvalue weighted by atomic mass is 9.88. The molecule has 0 spiro atoms. The van der Waals surface area contributed by atoms with E-state index in [0.29, 0.717) is 5.56 Å². The molecule has 0 bridgehead atoms. The Morgan fingerprint density at radius 1 is 0.882 bits per heavy atom. The zero-order chi connectivity index (χ0) is 25.3. The number of rotatable bonds is 7. The summed E-state index contributed by atoms with van der Waals surface area (Å²) >= 11 is 0. The van der Waals surface area contributed by atoms with E-state index in [2.05, 4.69) is 0 Å². The maximum atomic E-state index is 13.3. The van der Waals surface area contributed by atoms with Gasteiger partial charge in [0.05, 0.1) is 21.3 Å². The number of benzene rings is 3. The fourth-order valence-corrected chi connectivity index (χ4v) is 4.94. The highest BCUT2D eigenvalue weighted by atomic mass is 32.2. The molecule has 180 valence electrons. The second-order valence-corrected chi connectivity index (χ2v) is 10.3. The highest BCUT2D eigenvalue weighted by molar-refractivity contribution is 7.91. The normalized spacial score (nSPS) is 13.1. The van der Waals surface area contributed by atoms with Gasteiger partial charge < -0.3 is 5.11 Å². The van der Waals surface area contributed by atoms with Crippen LogP contribution in [0.1, 0.15) is 37.3 Å². The second kappa shape index (κ2) is 9.58. The fourth-order valence-electron chi connectivity index (χ4n) is 3.60. The summed E-state index contributed by atoms with van der Waals surface area (Å²) in [5, 5.41) is 9.79. The van der Waals surface area contributed by atoms with Crippen LogP contribution in [0.5, 0.6) is 0 Å². The molecule has 0 aliphatic heterocycles. The summed E-state index contributed by atoms with van der Waals surface area (Å²) in [6, 6.07) is 12.3. The number of hydrogen-bond donors (Lipinski definition) is 1. The predicted molar refractivity (Wildman–Crippen MR) is 119 cm³/mol. The molecule has 1 N–H and O–H groups in total. The van der Waals surface area contributed by atoms with E-state index in [1.54, 1.807) is 0 Å². The summed E-state index contributed by atoms with van der Waals surface area (Å²) in [7, 11) is -4.17. The van der Waals surface area contributed by atoms with E-state index in [-0.39, 0.29) is 33.3 Å². The minimum absolute atomic E-state index is 0.0204. The van der Waals surface area contributed by atoms with Gasteiger partial charge in [0.2, 0.25) is 9.84 Å². The van der Waals surface area contributed by atoms with Crippen molar-refractivity contribution in [3.8, 4) is 11.1 Å². The molecule has 1 atom stereocenters. The molecule has 3 aromatic rings. The fraction of sp³-hybridized carbons (Fsp3) is 0.240. The topological polar surface area (TPSA) is 71.4 Å². The Kier molecular flexibility index (Phi) is 7.16. The molecule has 0 saturated carbocycles. The van der Waals surface area contributed by atoms with E-state index in [4.69, 9.17) is 0 Å². The molecule has 0 saturated heterocycles. The van der Waals surface area contributed by atoms with Crippen molar-refractivity contribution in [1.29, 1.82) is 0 Å². The minimum atomic E-state index is -4.54. The van der Waals surface area contributed by atoms with Crippen LogP contribution < -0.4 is 0 Å². The van der Waals surface area contributed by atoms with Crippen LogP contribution >= 0.6 is 0 Å². The van der Waals surface area contributed by atoms with Crippen LogP contribution in [0.3, 0.4) is 0 Å². The van der Waals surface area contributed by atoms with Crippen molar-refractivity contribution in [2.45, 2.75) is 42.2 Å². The number of alkyl halides is 3. The lowest BCUT2D eigenvalue weighted by molar-refractivity contribution is -0.139. The Labute approximate surface area is 194 Å². The van der Waals surface area contributed by atoms with Gasteiger partial charge in [-0.25, -0.2) is 12.8 Å². The zero-order valence-corrected chi connectivity index (χ0v) is 19.1. The Hall–Kier alpha value is -3.20. The van der Waals surface area contributed by atoms with Gasteiger partial charge >= 0.3 is 12.1 Å². The van der Waals surface area contributed by atoms with Gasteiger partial charge in [-0.2, -0.15) is 13.2 Å². The molecule has 3 aromatic carbocycles. The second-order valence-electron chi connectivity index (χ2n) is 8.34. The molecule has 0 amide bonds.